The molecule has 5 aromatic rings. The molecule has 8 nitrogen and oxygen atoms in total. The van der Waals surface area contributed by atoms with Crippen molar-refractivity contribution in [2.24, 2.45) is 0 Å². The van der Waals surface area contributed by atoms with Gasteiger partial charge in [-0.15, -0.1) is 5.10 Å². The summed E-state index contributed by atoms with van der Waals surface area (Å²) in [6.07, 6.45) is 3.25. The Balaban J connectivity index is 1.48. The molecule has 0 saturated heterocycles. The number of fused-ring (bicyclic) bond motifs is 2. The molecule has 0 fully saturated rings. The number of carboxylic acid groups (broad SMARTS) is 1. The number of aromatic amines is 1. The van der Waals surface area contributed by atoms with Gasteiger partial charge in [0.25, 0.3) is 0 Å². The van der Waals surface area contributed by atoms with Gasteiger partial charge in [0.15, 0.2) is 5.82 Å². The maximum Gasteiger partial charge on any atom is 0.352 e. The monoisotopic (exact) mass is 416 g/mol. The highest BCUT2D eigenvalue weighted by molar-refractivity contribution is 6.02. The van der Waals surface area contributed by atoms with Gasteiger partial charge in [0.1, 0.15) is 11.5 Å². The highest BCUT2D eigenvalue weighted by Gasteiger charge is 2.17. The summed E-state index contributed by atoms with van der Waals surface area (Å²) in [5.74, 6) is -0.848. The number of hydrogen-bond donors (Lipinski definition) is 3. The summed E-state index contributed by atoms with van der Waals surface area (Å²) in [7, 11) is 0. The zero-order chi connectivity index (χ0) is 21.5. The minimum atomic E-state index is -1.04. The molecule has 31 heavy (non-hydrogen) atoms. The average Bonchev–Trinajstić information content (AvgIpc) is 3.29. The Kier molecular flexibility index (Phi) is 4.36. The van der Waals surface area contributed by atoms with Gasteiger partial charge in [0.2, 0.25) is 0 Å². The van der Waals surface area contributed by atoms with E-state index in [1.54, 1.807) is 19.2 Å². The van der Waals surface area contributed by atoms with Gasteiger partial charge in [0.05, 0.1) is 30.0 Å². The van der Waals surface area contributed by atoms with Crippen molar-refractivity contribution in [1.29, 1.82) is 0 Å². The average molecular weight is 416 g/mol. The van der Waals surface area contributed by atoms with Crippen molar-refractivity contribution in [3.8, 4) is 0 Å². The molecule has 3 N–H and O–H groups in total. The van der Waals surface area contributed by atoms with Gasteiger partial charge in [-0.05, 0) is 48.4 Å². The molecule has 0 aliphatic carbocycles. The number of carboxylic acids is 1. The number of carbonyl (C=O) groups is 1. The first-order chi connectivity index (χ1) is 15.0. The fourth-order valence-electron chi connectivity index (χ4n) is 3.75. The summed E-state index contributed by atoms with van der Waals surface area (Å²) < 4.78 is 15.3. The number of anilines is 2. The van der Waals surface area contributed by atoms with Gasteiger partial charge < -0.3 is 15.4 Å². The van der Waals surface area contributed by atoms with Crippen LogP contribution in [0, 0.1) is 12.7 Å². The minimum absolute atomic E-state index is 0.113. The molecule has 0 atom stereocenters. The molecule has 0 bridgehead atoms. The van der Waals surface area contributed by atoms with Gasteiger partial charge in [-0.25, -0.2) is 9.18 Å². The van der Waals surface area contributed by atoms with E-state index in [-0.39, 0.29) is 11.5 Å². The first kappa shape index (κ1) is 18.7. The standard InChI is InChI=1S/C22H17FN6O2/c1-12-19-17(27-20(12)22(30)31)10-24-28-21(19)26-16-5-6-18-14(8-16)9-25-29(18)11-13-3-2-4-15(23)7-13/h2-10,27H,11H2,1H3,(H,26,28)(H,30,31). The fourth-order valence-corrected chi connectivity index (χ4v) is 3.75. The smallest absolute Gasteiger partial charge is 0.352 e. The van der Waals surface area contributed by atoms with E-state index in [0.29, 0.717) is 28.8 Å². The third-order valence-electron chi connectivity index (χ3n) is 5.20. The molecule has 0 aliphatic heterocycles. The largest absolute Gasteiger partial charge is 0.477 e. The second-order valence-electron chi connectivity index (χ2n) is 7.24. The van der Waals surface area contributed by atoms with E-state index in [1.807, 2.05) is 28.9 Å². The van der Waals surface area contributed by atoms with Gasteiger partial charge in [-0.2, -0.15) is 10.2 Å². The van der Waals surface area contributed by atoms with Crippen molar-refractivity contribution in [2.75, 3.05) is 5.32 Å². The number of halogens is 1. The number of benzene rings is 2. The van der Waals surface area contributed by atoms with Crippen LogP contribution in [-0.4, -0.2) is 36.0 Å². The molecule has 0 amide bonds. The van der Waals surface area contributed by atoms with Crippen LogP contribution >= 0.6 is 0 Å². The third kappa shape index (κ3) is 3.35. The SMILES string of the molecule is Cc1c(C(=O)O)[nH]c2cnnc(Nc3ccc4c(cnn4Cc4cccc(F)c4)c3)c12. The Morgan fingerprint density at radius 3 is 2.90 bits per heavy atom. The van der Waals surface area contributed by atoms with E-state index >= 15 is 0 Å². The van der Waals surface area contributed by atoms with Crippen LogP contribution in [0.25, 0.3) is 21.8 Å². The van der Waals surface area contributed by atoms with E-state index in [9.17, 15) is 14.3 Å². The summed E-state index contributed by atoms with van der Waals surface area (Å²) in [5, 5.41) is 26.7. The number of hydrogen-bond acceptors (Lipinski definition) is 5. The van der Waals surface area contributed by atoms with Crippen LogP contribution in [0.1, 0.15) is 21.6 Å². The molecule has 5 rings (SSSR count). The lowest BCUT2D eigenvalue weighted by atomic mass is 10.1. The number of aryl methyl sites for hydroxylation is 1. The maximum atomic E-state index is 13.5. The van der Waals surface area contributed by atoms with E-state index in [2.05, 4.69) is 25.6 Å². The van der Waals surface area contributed by atoms with Crippen LogP contribution in [0.4, 0.5) is 15.9 Å². The zero-order valence-electron chi connectivity index (χ0n) is 16.4. The minimum Gasteiger partial charge on any atom is -0.477 e. The molecule has 0 aliphatic rings. The normalized spacial score (nSPS) is 11.3. The third-order valence-corrected chi connectivity index (χ3v) is 5.20. The van der Waals surface area contributed by atoms with E-state index in [1.165, 1.54) is 18.3 Å². The highest BCUT2D eigenvalue weighted by atomic mass is 19.1. The van der Waals surface area contributed by atoms with Gasteiger partial charge >= 0.3 is 5.97 Å². The van der Waals surface area contributed by atoms with Crippen LogP contribution in [0.15, 0.2) is 54.9 Å². The van der Waals surface area contributed by atoms with Crippen LogP contribution in [0.3, 0.4) is 0 Å². The summed E-state index contributed by atoms with van der Waals surface area (Å²) in [6.45, 7) is 2.19. The molecule has 0 unspecified atom stereocenters. The van der Waals surface area contributed by atoms with E-state index in [4.69, 9.17) is 0 Å². The number of nitrogens with zero attached hydrogens (tertiary/aromatic N) is 4. The predicted octanol–water partition coefficient (Wildman–Crippen LogP) is 4.25. The zero-order valence-corrected chi connectivity index (χ0v) is 16.4. The fraction of sp³-hybridized carbons (Fsp3) is 0.0909. The van der Waals surface area contributed by atoms with Crippen LogP contribution in [-0.2, 0) is 6.54 Å². The Bertz CT molecular complexity index is 1460. The quantitative estimate of drug-likeness (QED) is 0.395. The van der Waals surface area contributed by atoms with Crippen molar-refractivity contribution in [3.63, 3.8) is 0 Å². The molecule has 3 aromatic heterocycles. The first-order valence-electron chi connectivity index (χ1n) is 9.54. The van der Waals surface area contributed by atoms with Gasteiger partial charge in [-0.1, -0.05) is 12.1 Å². The lowest BCUT2D eigenvalue weighted by Gasteiger charge is -2.08. The van der Waals surface area contributed by atoms with Crippen molar-refractivity contribution in [2.45, 2.75) is 13.5 Å². The highest BCUT2D eigenvalue weighted by Crippen LogP contribution is 2.30. The number of aromatic nitrogens is 5. The second kappa shape index (κ2) is 7.21. The lowest BCUT2D eigenvalue weighted by Crippen LogP contribution is -2.01. The Morgan fingerprint density at radius 2 is 2.10 bits per heavy atom. The molecular formula is C22H17FN6O2. The number of nitrogens with one attached hydrogen (secondary N) is 2. The molecule has 154 valence electrons. The van der Waals surface area contributed by atoms with E-state index in [0.717, 1.165) is 22.2 Å². The summed E-state index contributed by atoms with van der Waals surface area (Å²) in [6, 6.07) is 12.2. The second-order valence-corrected chi connectivity index (χ2v) is 7.24. The first-order valence-corrected chi connectivity index (χ1v) is 9.54. The van der Waals surface area contributed by atoms with Gasteiger partial charge in [-0.3, -0.25) is 4.68 Å². The van der Waals surface area contributed by atoms with Crippen molar-refractivity contribution in [1.82, 2.24) is 25.0 Å². The number of H-pyrrole nitrogens is 1. The molecule has 0 spiro atoms. The van der Waals surface area contributed by atoms with Crippen LogP contribution in [0.5, 0.6) is 0 Å². The summed E-state index contributed by atoms with van der Waals surface area (Å²) in [4.78, 5) is 14.3. The van der Waals surface area contributed by atoms with Crippen molar-refractivity contribution in [3.05, 3.63) is 77.5 Å². The Morgan fingerprint density at radius 1 is 1.23 bits per heavy atom. The number of rotatable bonds is 5. The lowest BCUT2D eigenvalue weighted by molar-refractivity contribution is 0.0690. The predicted molar refractivity (Wildman–Crippen MR) is 114 cm³/mol. The molecule has 0 saturated carbocycles. The van der Waals surface area contributed by atoms with Crippen molar-refractivity contribution >= 4 is 39.3 Å². The molecule has 3 heterocycles. The molecular weight excluding hydrogens is 399 g/mol. The topological polar surface area (TPSA) is 109 Å². The molecule has 0 radical (unpaired) electrons. The molecule has 2 aromatic carbocycles. The Hall–Kier alpha value is -4.27. The van der Waals surface area contributed by atoms with Gasteiger partial charge in [0, 0.05) is 16.5 Å². The van der Waals surface area contributed by atoms with Crippen molar-refractivity contribution < 1.29 is 14.3 Å². The Labute approximate surface area is 175 Å². The summed E-state index contributed by atoms with van der Waals surface area (Å²) >= 11 is 0. The van der Waals surface area contributed by atoms with E-state index < -0.39 is 5.97 Å². The summed E-state index contributed by atoms with van der Waals surface area (Å²) in [5.41, 5.74) is 3.79. The molecule has 9 heteroatoms. The number of aromatic carboxylic acids is 1. The van der Waals surface area contributed by atoms with Crippen LogP contribution in [0.2, 0.25) is 0 Å². The van der Waals surface area contributed by atoms with Crippen LogP contribution < -0.4 is 5.32 Å². The maximum absolute atomic E-state index is 13.5.